The van der Waals surface area contributed by atoms with Crippen molar-refractivity contribution in [3.63, 3.8) is 0 Å². The van der Waals surface area contributed by atoms with E-state index in [4.69, 9.17) is 11.2 Å². The molecule has 0 aromatic heterocycles. The molecule has 0 radical (unpaired) electrons. The molecule has 0 saturated carbocycles. The fraction of sp³-hybridized carbons (Fsp3) is 0.600. The molecule has 0 amide bonds. The van der Waals surface area contributed by atoms with Crippen LogP contribution in [-0.2, 0) is 4.74 Å². The predicted octanol–water partition coefficient (Wildman–Crippen LogP) is 4.11. The Balaban J connectivity index is 3.99. The second-order valence-electron chi connectivity index (χ2n) is 3.96. The smallest absolute Gasteiger partial charge is 0.118 e. The van der Waals surface area contributed by atoms with Crippen molar-refractivity contribution in [2.45, 2.75) is 57.7 Å². The van der Waals surface area contributed by atoms with Crippen molar-refractivity contribution in [3.8, 4) is 12.3 Å². The first-order valence-electron chi connectivity index (χ1n) is 6.11. The summed E-state index contributed by atoms with van der Waals surface area (Å²) in [7, 11) is 0. The van der Waals surface area contributed by atoms with Gasteiger partial charge in [0.2, 0.25) is 0 Å². The van der Waals surface area contributed by atoms with Crippen molar-refractivity contribution < 1.29 is 4.74 Å². The van der Waals surface area contributed by atoms with E-state index in [0.717, 1.165) is 25.7 Å². The van der Waals surface area contributed by atoms with Gasteiger partial charge in [-0.05, 0) is 25.7 Å². The number of rotatable bonds is 10. The van der Waals surface area contributed by atoms with Crippen molar-refractivity contribution in [3.05, 3.63) is 25.3 Å². The Morgan fingerprint density at radius 3 is 2.31 bits per heavy atom. The number of hydrogen-bond acceptors (Lipinski definition) is 1. The van der Waals surface area contributed by atoms with Gasteiger partial charge < -0.3 is 4.74 Å². The summed E-state index contributed by atoms with van der Waals surface area (Å²) in [5.74, 6) is 2.72. The Morgan fingerprint density at radius 1 is 1.25 bits per heavy atom. The van der Waals surface area contributed by atoms with Crippen molar-refractivity contribution in [2.24, 2.45) is 0 Å². The summed E-state index contributed by atoms with van der Waals surface area (Å²) < 4.78 is 5.85. The summed E-state index contributed by atoms with van der Waals surface area (Å²) in [5, 5.41) is 0. The zero-order chi connectivity index (χ0) is 12.2. The lowest BCUT2D eigenvalue weighted by Gasteiger charge is -2.19. The van der Waals surface area contributed by atoms with Crippen LogP contribution in [0.2, 0.25) is 0 Å². The van der Waals surface area contributed by atoms with E-state index in [1.807, 2.05) is 12.2 Å². The number of ether oxygens (including phenoxy) is 1. The standard InChI is InChI=1S/C15H24O/c1-5-9-10-13-14(8-4)16-15(11-6-2)12-7-3/h4,6-7,14-15H,2-3,5,9-13H2,1H3. The Hall–Kier alpha value is -1.00. The molecule has 1 atom stereocenters. The minimum absolute atomic E-state index is 0.0588. The van der Waals surface area contributed by atoms with E-state index >= 15 is 0 Å². The van der Waals surface area contributed by atoms with Gasteiger partial charge in [0.05, 0.1) is 6.10 Å². The minimum Gasteiger partial charge on any atom is -0.362 e. The van der Waals surface area contributed by atoms with Gasteiger partial charge in [-0.2, -0.15) is 0 Å². The van der Waals surface area contributed by atoms with Crippen LogP contribution in [0.4, 0.5) is 0 Å². The first kappa shape index (κ1) is 15.0. The van der Waals surface area contributed by atoms with E-state index < -0.39 is 0 Å². The molecule has 0 saturated heterocycles. The lowest BCUT2D eigenvalue weighted by atomic mass is 10.1. The van der Waals surface area contributed by atoms with Crippen molar-refractivity contribution in [1.29, 1.82) is 0 Å². The average molecular weight is 220 g/mol. The maximum absolute atomic E-state index is 5.85. The molecule has 0 rings (SSSR count). The van der Waals surface area contributed by atoms with Gasteiger partial charge in [0.1, 0.15) is 6.10 Å². The van der Waals surface area contributed by atoms with Crippen molar-refractivity contribution in [1.82, 2.24) is 0 Å². The maximum atomic E-state index is 5.85. The van der Waals surface area contributed by atoms with Crippen LogP contribution in [0.1, 0.15) is 45.4 Å². The molecule has 0 bridgehead atoms. The molecule has 16 heavy (non-hydrogen) atoms. The third-order valence-corrected chi connectivity index (χ3v) is 2.47. The topological polar surface area (TPSA) is 9.23 Å². The van der Waals surface area contributed by atoms with Crippen molar-refractivity contribution >= 4 is 0 Å². The van der Waals surface area contributed by atoms with Gasteiger partial charge in [-0.3, -0.25) is 0 Å². The molecule has 0 aliphatic carbocycles. The third kappa shape index (κ3) is 7.31. The van der Waals surface area contributed by atoms with Gasteiger partial charge in [0.25, 0.3) is 0 Å². The molecule has 0 aromatic rings. The van der Waals surface area contributed by atoms with E-state index in [1.165, 1.54) is 12.8 Å². The highest BCUT2D eigenvalue weighted by Crippen LogP contribution is 2.13. The van der Waals surface area contributed by atoms with Gasteiger partial charge in [0.15, 0.2) is 0 Å². The van der Waals surface area contributed by atoms with Crippen LogP contribution in [0.25, 0.3) is 0 Å². The van der Waals surface area contributed by atoms with Crippen molar-refractivity contribution in [2.75, 3.05) is 0 Å². The fourth-order valence-electron chi connectivity index (χ4n) is 1.58. The van der Waals surface area contributed by atoms with E-state index in [1.54, 1.807) is 0 Å². The second-order valence-corrected chi connectivity index (χ2v) is 3.96. The number of hydrogen-bond donors (Lipinski definition) is 0. The zero-order valence-corrected chi connectivity index (χ0v) is 10.5. The highest BCUT2D eigenvalue weighted by Gasteiger charge is 2.12. The average Bonchev–Trinajstić information content (AvgIpc) is 2.28. The lowest BCUT2D eigenvalue weighted by molar-refractivity contribution is 0.0171. The van der Waals surface area contributed by atoms with Crippen LogP contribution >= 0.6 is 0 Å². The molecule has 0 heterocycles. The van der Waals surface area contributed by atoms with Gasteiger partial charge in [0, 0.05) is 0 Å². The largest absolute Gasteiger partial charge is 0.362 e. The van der Waals surface area contributed by atoms with Crippen LogP contribution in [0, 0.1) is 12.3 Å². The Morgan fingerprint density at radius 2 is 1.88 bits per heavy atom. The highest BCUT2D eigenvalue weighted by atomic mass is 16.5. The summed E-state index contributed by atoms with van der Waals surface area (Å²) in [5.41, 5.74) is 0. The SMILES string of the molecule is C#CC(CCCCC)OC(CC=C)CC=C. The highest BCUT2D eigenvalue weighted by molar-refractivity contribution is 4.96. The van der Waals surface area contributed by atoms with E-state index in [9.17, 15) is 0 Å². The quantitative estimate of drug-likeness (QED) is 0.306. The van der Waals surface area contributed by atoms with E-state index in [-0.39, 0.29) is 12.2 Å². The summed E-state index contributed by atoms with van der Waals surface area (Å²) in [6.07, 6.45) is 15.5. The van der Waals surface area contributed by atoms with Crippen LogP contribution < -0.4 is 0 Å². The Labute approximate surface area is 101 Å². The normalized spacial score (nSPS) is 12.1. The summed E-state index contributed by atoms with van der Waals surface area (Å²) in [4.78, 5) is 0. The minimum atomic E-state index is -0.0588. The fourth-order valence-corrected chi connectivity index (χ4v) is 1.58. The molecule has 1 nitrogen and oxygen atoms in total. The lowest BCUT2D eigenvalue weighted by Crippen LogP contribution is -2.20. The molecule has 0 N–H and O–H groups in total. The van der Waals surface area contributed by atoms with Crippen LogP contribution in [0.15, 0.2) is 25.3 Å². The molecule has 0 aliphatic heterocycles. The monoisotopic (exact) mass is 220 g/mol. The predicted molar refractivity (Wildman–Crippen MR) is 71.3 cm³/mol. The first-order valence-corrected chi connectivity index (χ1v) is 6.11. The van der Waals surface area contributed by atoms with Gasteiger partial charge in [-0.15, -0.1) is 19.6 Å². The van der Waals surface area contributed by atoms with E-state index in [0.29, 0.717) is 0 Å². The van der Waals surface area contributed by atoms with Crippen LogP contribution in [0.3, 0.4) is 0 Å². The molecular weight excluding hydrogens is 196 g/mol. The molecule has 0 aliphatic rings. The van der Waals surface area contributed by atoms with Crippen LogP contribution in [0.5, 0.6) is 0 Å². The molecule has 0 fully saturated rings. The summed E-state index contributed by atoms with van der Waals surface area (Å²) in [6, 6.07) is 0. The zero-order valence-electron chi connectivity index (χ0n) is 10.5. The molecular formula is C15H24O. The molecule has 1 unspecified atom stereocenters. The second kappa shape index (κ2) is 10.5. The van der Waals surface area contributed by atoms with Gasteiger partial charge in [-0.25, -0.2) is 0 Å². The summed E-state index contributed by atoms with van der Waals surface area (Å²) >= 11 is 0. The Kier molecular flexibility index (Phi) is 9.86. The summed E-state index contributed by atoms with van der Waals surface area (Å²) in [6.45, 7) is 9.64. The van der Waals surface area contributed by atoms with E-state index in [2.05, 4.69) is 26.0 Å². The maximum Gasteiger partial charge on any atom is 0.118 e. The molecule has 0 spiro atoms. The van der Waals surface area contributed by atoms with Gasteiger partial charge >= 0.3 is 0 Å². The number of terminal acetylenes is 1. The van der Waals surface area contributed by atoms with Gasteiger partial charge in [-0.1, -0.05) is 37.8 Å². The third-order valence-electron chi connectivity index (χ3n) is 2.47. The number of unbranched alkanes of at least 4 members (excludes halogenated alkanes) is 2. The Bertz CT molecular complexity index is 214. The molecule has 0 aromatic carbocycles. The first-order chi connectivity index (χ1) is 7.78. The van der Waals surface area contributed by atoms with Crippen LogP contribution in [-0.4, -0.2) is 12.2 Å². The molecule has 1 heteroatoms. The molecule has 90 valence electrons.